The Bertz CT molecular complexity index is 831. The van der Waals surface area contributed by atoms with Crippen LogP contribution in [0.2, 0.25) is 0 Å². The molecule has 0 aliphatic carbocycles. The summed E-state index contributed by atoms with van der Waals surface area (Å²) >= 11 is 0. The quantitative estimate of drug-likeness (QED) is 0.847. The minimum Gasteiger partial charge on any atom is -0.448 e. The average molecular weight is 363 g/mol. The Morgan fingerprint density at radius 2 is 1.81 bits per heavy atom. The molecule has 1 N–H and O–H groups in total. The number of hydrogen-bond acceptors (Lipinski definition) is 3. The fourth-order valence-corrected chi connectivity index (χ4v) is 2.83. The number of amides is 1. The van der Waals surface area contributed by atoms with E-state index in [4.69, 9.17) is 4.74 Å². The third kappa shape index (κ3) is 3.71. The molecule has 7 heteroatoms. The van der Waals surface area contributed by atoms with Crippen molar-refractivity contribution in [2.45, 2.75) is 31.7 Å². The summed E-state index contributed by atoms with van der Waals surface area (Å²) < 4.78 is 43.0. The number of benzene rings is 2. The molecular weight excluding hydrogens is 347 g/mol. The maximum atomic E-state index is 12.6. The molecular formula is C19H16F3NO3. The zero-order valence-corrected chi connectivity index (χ0v) is 13.8. The van der Waals surface area contributed by atoms with Crippen molar-refractivity contribution in [3.05, 3.63) is 70.8 Å². The van der Waals surface area contributed by atoms with Gasteiger partial charge in [0.05, 0.1) is 17.2 Å². The molecule has 26 heavy (non-hydrogen) atoms. The molecule has 0 fully saturated rings. The predicted molar refractivity (Wildman–Crippen MR) is 87.4 cm³/mol. The second-order valence-corrected chi connectivity index (χ2v) is 6.11. The molecule has 2 aromatic rings. The van der Waals surface area contributed by atoms with Crippen LogP contribution in [0.15, 0.2) is 48.5 Å². The van der Waals surface area contributed by atoms with Gasteiger partial charge in [-0.15, -0.1) is 0 Å². The van der Waals surface area contributed by atoms with Gasteiger partial charge < -0.3 is 10.1 Å². The van der Waals surface area contributed by atoms with Crippen LogP contribution in [0.25, 0.3) is 0 Å². The normalized spacial score (nSPS) is 17.8. The van der Waals surface area contributed by atoms with Crippen molar-refractivity contribution >= 4 is 11.9 Å². The van der Waals surface area contributed by atoms with Gasteiger partial charge in [0.15, 0.2) is 6.10 Å². The lowest BCUT2D eigenvalue weighted by Crippen LogP contribution is -2.42. The third-order valence-corrected chi connectivity index (χ3v) is 4.28. The zero-order valence-electron chi connectivity index (χ0n) is 13.8. The first-order chi connectivity index (χ1) is 12.3. The number of fused-ring (bicyclic) bond motifs is 1. The number of esters is 1. The molecule has 0 bridgehead atoms. The number of cyclic esters (lactones) is 1. The SMILES string of the molecule is CC(NC(=O)C1Cc2ccccc2C(=O)O1)c1ccc(C(F)(F)F)cc1. The second kappa shape index (κ2) is 6.82. The molecule has 1 amide bonds. The van der Waals surface area contributed by atoms with E-state index in [0.717, 1.165) is 17.7 Å². The Balaban J connectivity index is 1.67. The lowest BCUT2D eigenvalue weighted by Gasteiger charge is -2.25. The molecule has 2 unspecified atom stereocenters. The van der Waals surface area contributed by atoms with Gasteiger partial charge in [-0.2, -0.15) is 13.2 Å². The van der Waals surface area contributed by atoms with E-state index in [9.17, 15) is 22.8 Å². The molecule has 3 rings (SSSR count). The van der Waals surface area contributed by atoms with E-state index in [1.54, 1.807) is 31.2 Å². The summed E-state index contributed by atoms with van der Waals surface area (Å²) in [6.45, 7) is 1.65. The fourth-order valence-electron chi connectivity index (χ4n) is 2.83. The van der Waals surface area contributed by atoms with Crippen molar-refractivity contribution in [3.63, 3.8) is 0 Å². The highest BCUT2D eigenvalue weighted by molar-refractivity contribution is 5.95. The monoisotopic (exact) mass is 363 g/mol. The minimum atomic E-state index is -4.41. The number of hydrogen-bond donors (Lipinski definition) is 1. The van der Waals surface area contributed by atoms with Gasteiger partial charge in [-0.05, 0) is 36.2 Å². The van der Waals surface area contributed by atoms with Crippen LogP contribution in [0.4, 0.5) is 13.2 Å². The number of nitrogens with one attached hydrogen (secondary N) is 1. The Morgan fingerprint density at radius 1 is 1.15 bits per heavy atom. The summed E-state index contributed by atoms with van der Waals surface area (Å²) in [6.07, 6.45) is -5.11. The van der Waals surface area contributed by atoms with Crippen molar-refractivity contribution in [3.8, 4) is 0 Å². The summed E-state index contributed by atoms with van der Waals surface area (Å²) in [5.74, 6) is -1.05. The minimum absolute atomic E-state index is 0.257. The largest absolute Gasteiger partial charge is 0.448 e. The van der Waals surface area contributed by atoms with Crippen LogP contribution in [0.1, 0.15) is 40.0 Å². The standard InChI is InChI=1S/C19H16F3NO3/c1-11(12-6-8-14(9-7-12)19(20,21)22)23-17(24)16-10-13-4-2-3-5-15(13)18(25)26-16/h2-9,11,16H,10H2,1H3,(H,23,24). The number of rotatable bonds is 3. The summed E-state index contributed by atoms with van der Waals surface area (Å²) in [6, 6.07) is 10.9. The van der Waals surface area contributed by atoms with Crippen LogP contribution in [0.3, 0.4) is 0 Å². The van der Waals surface area contributed by atoms with Gasteiger partial charge in [-0.1, -0.05) is 30.3 Å². The van der Waals surface area contributed by atoms with Gasteiger partial charge in [-0.3, -0.25) is 4.79 Å². The van der Waals surface area contributed by atoms with E-state index in [1.165, 1.54) is 12.1 Å². The van der Waals surface area contributed by atoms with E-state index in [2.05, 4.69) is 5.32 Å². The van der Waals surface area contributed by atoms with Crippen molar-refractivity contribution in [1.82, 2.24) is 5.32 Å². The second-order valence-electron chi connectivity index (χ2n) is 6.11. The van der Waals surface area contributed by atoms with Crippen LogP contribution >= 0.6 is 0 Å². The lowest BCUT2D eigenvalue weighted by atomic mass is 9.98. The first-order valence-corrected chi connectivity index (χ1v) is 8.02. The number of ether oxygens (including phenoxy) is 1. The molecule has 1 heterocycles. The number of carbonyl (C=O) groups excluding carboxylic acids is 2. The van der Waals surface area contributed by atoms with Crippen LogP contribution < -0.4 is 5.32 Å². The van der Waals surface area contributed by atoms with E-state index >= 15 is 0 Å². The Kier molecular flexibility index (Phi) is 4.71. The molecule has 2 aromatic carbocycles. The number of alkyl halides is 3. The van der Waals surface area contributed by atoms with E-state index in [1.807, 2.05) is 0 Å². The third-order valence-electron chi connectivity index (χ3n) is 4.28. The van der Waals surface area contributed by atoms with Gasteiger partial charge in [0.25, 0.3) is 5.91 Å². The van der Waals surface area contributed by atoms with Gasteiger partial charge in [0.2, 0.25) is 0 Å². The molecule has 1 aliphatic rings. The van der Waals surface area contributed by atoms with E-state index < -0.39 is 35.8 Å². The Hall–Kier alpha value is -2.83. The highest BCUT2D eigenvalue weighted by Crippen LogP contribution is 2.30. The molecule has 0 aromatic heterocycles. The van der Waals surface area contributed by atoms with Crippen LogP contribution in [0, 0.1) is 0 Å². The Morgan fingerprint density at radius 3 is 2.46 bits per heavy atom. The van der Waals surface area contributed by atoms with Gasteiger partial charge in [0.1, 0.15) is 0 Å². The molecule has 2 atom stereocenters. The summed E-state index contributed by atoms with van der Waals surface area (Å²) in [4.78, 5) is 24.4. The summed E-state index contributed by atoms with van der Waals surface area (Å²) in [7, 11) is 0. The average Bonchev–Trinajstić information content (AvgIpc) is 2.61. The highest BCUT2D eigenvalue weighted by atomic mass is 19.4. The van der Waals surface area contributed by atoms with Crippen molar-refractivity contribution < 1.29 is 27.5 Å². The number of halogens is 3. The molecule has 0 saturated heterocycles. The van der Waals surface area contributed by atoms with E-state index in [0.29, 0.717) is 11.1 Å². The molecule has 1 aliphatic heterocycles. The summed E-state index contributed by atoms with van der Waals surface area (Å²) in [5, 5.41) is 2.68. The van der Waals surface area contributed by atoms with Crippen LogP contribution in [0.5, 0.6) is 0 Å². The maximum absolute atomic E-state index is 12.6. The topological polar surface area (TPSA) is 55.4 Å². The highest BCUT2D eigenvalue weighted by Gasteiger charge is 2.32. The van der Waals surface area contributed by atoms with Crippen LogP contribution in [-0.4, -0.2) is 18.0 Å². The van der Waals surface area contributed by atoms with Crippen molar-refractivity contribution in [1.29, 1.82) is 0 Å². The van der Waals surface area contributed by atoms with Gasteiger partial charge >= 0.3 is 12.1 Å². The number of carbonyl (C=O) groups is 2. The van der Waals surface area contributed by atoms with Gasteiger partial charge in [0, 0.05) is 6.42 Å². The van der Waals surface area contributed by atoms with E-state index in [-0.39, 0.29) is 6.42 Å². The maximum Gasteiger partial charge on any atom is 0.416 e. The fraction of sp³-hybridized carbons (Fsp3) is 0.263. The smallest absolute Gasteiger partial charge is 0.416 e. The first kappa shape index (κ1) is 18.0. The summed E-state index contributed by atoms with van der Waals surface area (Å²) in [5.41, 5.74) is 0.935. The van der Waals surface area contributed by atoms with Crippen LogP contribution in [-0.2, 0) is 22.1 Å². The molecule has 4 nitrogen and oxygen atoms in total. The Labute approximate surface area is 148 Å². The molecule has 0 spiro atoms. The van der Waals surface area contributed by atoms with Gasteiger partial charge in [-0.25, -0.2) is 4.79 Å². The zero-order chi connectivity index (χ0) is 18.9. The molecule has 0 radical (unpaired) electrons. The lowest BCUT2D eigenvalue weighted by molar-refractivity contribution is -0.137. The molecule has 0 saturated carbocycles. The predicted octanol–water partition coefficient (Wildman–Crippen LogP) is 3.66. The van der Waals surface area contributed by atoms with Crippen molar-refractivity contribution in [2.24, 2.45) is 0 Å². The van der Waals surface area contributed by atoms with Crippen molar-refractivity contribution in [2.75, 3.05) is 0 Å². The first-order valence-electron chi connectivity index (χ1n) is 8.02. The molecule has 136 valence electrons.